The van der Waals surface area contributed by atoms with E-state index < -0.39 is 35.3 Å². The minimum atomic E-state index is -0.886. The molecule has 2 heterocycles. The molecule has 0 aliphatic carbocycles. The van der Waals surface area contributed by atoms with Crippen LogP contribution in [-0.2, 0) is 4.74 Å². The molecule has 0 unspecified atom stereocenters. The summed E-state index contributed by atoms with van der Waals surface area (Å²) in [5.41, 5.74) is 5.69. The smallest absolute Gasteiger partial charge is 0.249 e. The number of primary amides is 1. The largest absolute Gasteiger partial charge is 0.381 e. The number of ether oxygens (including phenoxy) is 1. The van der Waals surface area contributed by atoms with Crippen molar-refractivity contribution in [3.63, 3.8) is 0 Å². The highest BCUT2D eigenvalue weighted by Gasteiger charge is 2.42. The summed E-state index contributed by atoms with van der Waals surface area (Å²) < 4.78 is 47.5. The molecular formula is C20H22F3N3O2. The number of amides is 1. The molecule has 28 heavy (non-hydrogen) atoms. The molecule has 0 radical (unpaired) electrons. The lowest BCUT2D eigenvalue weighted by Gasteiger charge is -2.39. The van der Waals surface area contributed by atoms with E-state index in [1.54, 1.807) is 0 Å². The minimum absolute atomic E-state index is 0. The number of benzene rings is 2. The van der Waals surface area contributed by atoms with Gasteiger partial charge >= 0.3 is 0 Å². The molecule has 2 aliphatic heterocycles. The molecule has 0 saturated carbocycles. The lowest BCUT2D eigenvalue weighted by atomic mass is 9.74. The Morgan fingerprint density at radius 3 is 2.64 bits per heavy atom. The van der Waals surface area contributed by atoms with Gasteiger partial charge in [-0.05, 0) is 30.2 Å². The van der Waals surface area contributed by atoms with Crippen molar-refractivity contribution in [1.29, 1.82) is 5.41 Å². The standard InChI is InChI=1S/C20H18F3N3O2.2H2/c21-10-1-2-12(14(23)6-10)17-18(24)16-13(20(25)27)5-11(22)7-15(16)26-19(17)9-3-4-28-8-9;;/h1-2,5-7,9,17,19,24,26H,3-4,8H2,(H2,25,27);2*1H/t9-,17-,19+;;/m0../s1. The second-order valence-electron chi connectivity index (χ2n) is 7.09. The Morgan fingerprint density at radius 1 is 1.21 bits per heavy atom. The molecule has 0 bridgehead atoms. The first-order chi connectivity index (χ1) is 13.4. The number of hydrogen-bond donors (Lipinski definition) is 3. The normalized spacial score (nSPS) is 24.0. The van der Waals surface area contributed by atoms with Crippen molar-refractivity contribution in [2.45, 2.75) is 18.4 Å². The van der Waals surface area contributed by atoms with Crippen LogP contribution in [0.2, 0.25) is 0 Å². The van der Waals surface area contributed by atoms with Crippen molar-refractivity contribution in [3.8, 4) is 0 Å². The second-order valence-corrected chi connectivity index (χ2v) is 7.09. The molecule has 8 heteroatoms. The van der Waals surface area contributed by atoms with E-state index in [4.69, 9.17) is 15.9 Å². The van der Waals surface area contributed by atoms with Gasteiger partial charge in [0.2, 0.25) is 5.91 Å². The minimum Gasteiger partial charge on any atom is -0.381 e. The number of anilines is 1. The fourth-order valence-electron chi connectivity index (χ4n) is 4.13. The monoisotopic (exact) mass is 393 g/mol. The third kappa shape index (κ3) is 3.03. The zero-order valence-corrected chi connectivity index (χ0v) is 14.8. The van der Waals surface area contributed by atoms with Gasteiger partial charge < -0.3 is 21.2 Å². The molecule has 1 fully saturated rings. The zero-order valence-electron chi connectivity index (χ0n) is 14.8. The Kier molecular flexibility index (Phi) is 4.58. The lowest BCUT2D eigenvalue weighted by molar-refractivity contribution is 0.0999. The number of fused-ring (bicyclic) bond motifs is 1. The molecule has 0 spiro atoms. The Labute approximate surface area is 162 Å². The second kappa shape index (κ2) is 6.94. The van der Waals surface area contributed by atoms with E-state index in [1.807, 2.05) is 0 Å². The third-order valence-corrected chi connectivity index (χ3v) is 5.40. The van der Waals surface area contributed by atoms with Gasteiger partial charge in [-0.2, -0.15) is 0 Å². The summed E-state index contributed by atoms with van der Waals surface area (Å²) in [4.78, 5) is 11.9. The van der Waals surface area contributed by atoms with E-state index in [0.29, 0.717) is 19.6 Å². The van der Waals surface area contributed by atoms with E-state index in [9.17, 15) is 18.0 Å². The fraction of sp³-hybridized carbons (Fsp3) is 0.300. The van der Waals surface area contributed by atoms with Crippen molar-refractivity contribution >= 4 is 17.3 Å². The molecule has 0 aromatic heterocycles. The van der Waals surface area contributed by atoms with Crippen molar-refractivity contribution in [1.82, 2.24) is 0 Å². The topological polar surface area (TPSA) is 88.2 Å². The summed E-state index contributed by atoms with van der Waals surface area (Å²) >= 11 is 0. The molecule has 4 N–H and O–H groups in total. The van der Waals surface area contributed by atoms with Crippen LogP contribution in [0.15, 0.2) is 30.3 Å². The highest BCUT2D eigenvalue weighted by Crippen LogP contribution is 2.41. The van der Waals surface area contributed by atoms with Crippen LogP contribution in [0.5, 0.6) is 0 Å². The SMILES string of the molecule is N=C1c2c(cc(F)cc2C(N)=O)N[C@H]([C@H]2CCOC2)[C@H]1c1ccc(F)cc1F.[HH].[HH]. The van der Waals surface area contributed by atoms with Crippen LogP contribution in [0.3, 0.4) is 0 Å². The lowest BCUT2D eigenvalue weighted by Crippen LogP contribution is -2.44. The Hall–Kier alpha value is -2.87. The van der Waals surface area contributed by atoms with Gasteiger partial charge in [-0.1, -0.05) is 6.07 Å². The van der Waals surface area contributed by atoms with Crippen molar-refractivity contribution in [2.24, 2.45) is 11.7 Å². The first kappa shape index (κ1) is 18.5. The van der Waals surface area contributed by atoms with Gasteiger partial charge in [-0.3, -0.25) is 4.79 Å². The fourth-order valence-corrected chi connectivity index (χ4v) is 4.13. The number of nitrogens with one attached hydrogen (secondary N) is 2. The molecule has 1 amide bonds. The van der Waals surface area contributed by atoms with E-state index in [0.717, 1.165) is 18.2 Å². The van der Waals surface area contributed by atoms with Crippen LogP contribution in [0.25, 0.3) is 0 Å². The van der Waals surface area contributed by atoms with E-state index in [2.05, 4.69) is 5.32 Å². The van der Waals surface area contributed by atoms with E-state index in [1.165, 1.54) is 12.1 Å². The molecule has 4 rings (SSSR count). The van der Waals surface area contributed by atoms with Gasteiger partial charge in [0.15, 0.2) is 0 Å². The van der Waals surface area contributed by atoms with Gasteiger partial charge in [0.1, 0.15) is 17.5 Å². The first-order valence-electron chi connectivity index (χ1n) is 8.88. The highest BCUT2D eigenvalue weighted by atomic mass is 19.1. The first-order valence-corrected chi connectivity index (χ1v) is 8.88. The number of halogens is 3. The van der Waals surface area contributed by atoms with Gasteiger partial charge in [-0.15, -0.1) is 0 Å². The molecule has 3 atom stereocenters. The number of carbonyl (C=O) groups excluding carboxylic acids is 1. The molecule has 2 aromatic carbocycles. The van der Waals surface area contributed by atoms with Gasteiger partial charge in [-0.25, -0.2) is 13.2 Å². The van der Waals surface area contributed by atoms with Gasteiger partial charge in [0.25, 0.3) is 0 Å². The quantitative estimate of drug-likeness (QED) is 0.743. The Balaban J connectivity index is 0.00000160. The number of nitrogens with two attached hydrogens (primary N) is 1. The summed E-state index contributed by atoms with van der Waals surface area (Å²) in [7, 11) is 0. The van der Waals surface area contributed by atoms with Crippen molar-refractivity contribution in [2.75, 3.05) is 18.5 Å². The van der Waals surface area contributed by atoms with Crippen LogP contribution in [0.1, 0.15) is 36.7 Å². The van der Waals surface area contributed by atoms with E-state index in [-0.39, 0.29) is 36.9 Å². The number of carbonyl (C=O) groups is 1. The molecular weight excluding hydrogens is 371 g/mol. The van der Waals surface area contributed by atoms with Gasteiger partial charge in [0.05, 0.1) is 17.9 Å². The number of rotatable bonds is 3. The molecule has 2 aromatic rings. The number of hydrogen-bond acceptors (Lipinski definition) is 4. The maximum absolute atomic E-state index is 14.6. The third-order valence-electron chi connectivity index (χ3n) is 5.40. The molecule has 5 nitrogen and oxygen atoms in total. The van der Waals surface area contributed by atoms with Crippen molar-refractivity contribution in [3.05, 3.63) is 64.5 Å². The van der Waals surface area contributed by atoms with E-state index >= 15 is 0 Å². The van der Waals surface area contributed by atoms with Crippen LogP contribution in [-0.4, -0.2) is 30.9 Å². The molecule has 1 saturated heterocycles. The summed E-state index contributed by atoms with van der Waals surface area (Å²) in [6.07, 6.45) is 0.678. The Bertz CT molecular complexity index is 984. The summed E-state index contributed by atoms with van der Waals surface area (Å²) in [6.45, 7) is 0.926. The van der Waals surface area contributed by atoms with Crippen LogP contribution >= 0.6 is 0 Å². The van der Waals surface area contributed by atoms with Crippen LogP contribution in [0.4, 0.5) is 18.9 Å². The average molecular weight is 393 g/mol. The maximum atomic E-state index is 14.6. The summed E-state index contributed by atoms with van der Waals surface area (Å²) in [5, 5.41) is 11.9. The molecule has 150 valence electrons. The van der Waals surface area contributed by atoms with Crippen molar-refractivity contribution < 1.29 is 25.6 Å². The average Bonchev–Trinajstić information content (AvgIpc) is 3.16. The predicted molar refractivity (Wildman–Crippen MR) is 101 cm³/mol. The van der Waals surface area contributed by atoms with Gasteiger partial charge in [0, 0.05) is 44.7 Å². The van der Waals surface area contributed by atoms with Crippen LogP contribution in [0, 0.1) is 28.8 Å². The summed E-state index contributed by atoms with van der Waals surface area (Å²) in [6, 6.07) is 4.87. The highest BCUT2D eigenvalue weighted by molar-refractivity contribution is 6.16. The molecule has 2 aliphatic rings. The maximum Gasteiger partial charge on any atom is 0.249 e. The Morgan fingerprint density at radius 2 is 2.00 bits per heavy atom. The predicted octanol–water partition coefficient (Wildman–Crippen LogP) is 3.68. The zero-order chi connectivity index (χ0) is 20.0. The summed E-state index contributed by atoms with van der Waals surface area (Å²) in [5.74, 6) is -3.94. The van der Waals surface area contributed by atoms with Crippen LogP contribution < -0.4 is 11.1 Å².